The van der Waals surface area contributed by atoms with Crippen LogP contribution in [-0.2, 0) is 14.8 Å². The third-order valence-electron chi connectivity index (χ3n) is 5.28. The predicted octanol–water partition coefficient (Wildman–Crippen LogP) is 2.84. The molecule has 0 bridgehead atoms. The number of hydrogen-bond acceptors (Lipinski definition) is 7. The molecular weight excluding hydrogens is 487 g/mol. The topological polar surface area (TPSA) is 133 Å². The minimum atomic E-state index is -3.64. The van der Waals surface area contributed by atoms with Crippen molar-refractivity contribution < 1.29 is 27.8 Å². The van der Waals surface area contributed by atoms with Crippen LogP contribution in [0.15, 0.2) is 30.3 Å². The Morgan fingerprint density at radius 3 is 2.28 bits per heavy atom. The average Bonchev–Trinajstić information content (AvgIpc) is 2.75. The Morgan fingerprint density at radius 2 is 1.75 bits per heavy atom. The van der Waals surface area contributed by atoms with Gasteiger partial charge in [-0.3, -0.25) is 4.79 Å². The molecule has 0 saturated heterocycles. The number of sulfonamides is 1. The molecular formula is C25H35FN4O5S. The summed E-state index contributed by atoms with van der Waals surface area (Å²) in [5.41, 5.74) is 1.94. The molecule has 0 fully saturated rings. The van der Waals surface area contributed by atoms with Crippen LogP contribution in [-0.4, -0.2) is 66.1 Å². The second-order valence-corrected chi connectivity index (χ2v) is 11.3. The number of amides is 1. The highest BCUT2D eigenvalue weighted by Gasteiger charge is 2.22. The first-order valence-electron chi connectivity index (χ1n) is 11.6. The third-order valence-corrected chi connectivity index (χ3v) is 6.43. The first-order valence-corrected chi connectivity index (χ1v) is 13.5. The maximum atomic E-state index is 13.6. The van der Waals surface area contributed by atoms with Crippen LogP contribution in [0.25, 0.3) is 17.3 Å². The van der Waals surface area contributed by atoms with Crippen molar-refractivity contribution in [2.75, 3.05) is 17.6 Å². The van der Waals surface area contributed by atoms with E-state index >= 15 is 0 Å². The summed E-state index contributed by atoms with van der Waals surface area (Å²) >= 11 is 0. The second-order valence-electron chi connectivity index (χ2n) is 9.31. The Labute approximate surface area is 212 Å². The number of carbonyl (C=O) groups excluding carboxylic acids is 1. The zero-order chi connectivity index (χ0) is 27.2. The van der Waals surface area contributed by atoms with Crippen LogP contribution in [0.3, 0.4) is 0 Å². The summed E-state index contributed by atoms with van der Waals surface area (Å²) in [6.45, 7) is 7.39. The Bertz CT molecular complexity index is 1180. The van der Waals surface area contributed by atoms with Crippen LogP contribution in [0.5, 0.6) is 0 Å². The van der Waals surface area contributed by atoms with E-state index in [-0.39, 0.29) is 36.7 Å². The van der Waals surface area contributed by atoms with Crippen LogP contribution in [0.4, 0.5) is 10.3 Å². The van der Waals surface area contributed by atoms with Gasteiger partial charge in [0, 0.05) is 30.6 Å². The molecule has 0 aliphatic rings. The van der Waals surface area contributed by atoms with E-state index in [0.717, 1.165) is 10.6 Å². The monoisotopic (exact) mass is 522 g/mol. The lowest BCUT2D eigenvalue weighted by molar-refractivity contribution is -0.123. The van der Waals surface area contributed by atoms with Crippen LogP contribution < -0.4 is 9.62 Å². The van der Waals surface area contributed by atoms with Crippen molar-refractivity contribution in [1.82, 2.24) is 15.3 Å². The molecule has 1 heterocycles. The number of carbonyl (C=O) groups is 1. The fourth-order valence-corrected chi connectivity index (χ4v) is 3.82. The molecule has 198 valence electrons. The Hall–Kier alpha value is -2.89. The highest BCUT2D eigenvalue weighted by atomic mass is 32.2. The zero-order valence-electron chi connectivity index (χ0n) is 21.4. The number of aliphatic hydroxyl groups excluding tert-OH is 2. The van der Waals surface area contributed by atoms with Gasteiger partial charge in [-0.05, 0) is 44.0 Å². The zero-order valence-corrected chi connectivity index (χ0v) is 22.3. The Morgan fingerprint density at radius 1 is 1.14 bits per heavy atom. The minimum Gasteiger partial charge on any atom is -0.392 e. The van der Waals surface area contributed by atoms with Gasteiger partial charge in [-0.25, -0.2) is 27.1 Å². The van der Waals surface area contributed by atoms with Gasteiger partial charge in [-0.1, -0.05) is 26.0 Å². The van der Waals surface area contributed by atoms with Gasteiger partial charge in [0.15, 0.2) is 0 Å². The summed E-state index contributed by atoms with van der Waals surface area (Å²) < 4.78 is 38.8. The van der Waals surface area contributed by atoms with Crippen molar-refractivity contribution in [2.24, 2.45) is 0 Å². The molecule has 3 N–H and O–H groups in total. The fraction of sp³-hybridized carbons (Fsp3) is 0.480. The van der Waals surface area contributed by atoms with E-state index in [0.29, 0.717) is 22.5 Å². The van der Waals surface area contributed by atoms with Gasteiger partial charge in [-0.15, -0.1) is 0 Å². The van der Waals surface area contributed by atoms with Gasteiger partial charge in [0.1, 0.15) is 5.82 Å². The lowest BCUT2D eigenvalue weighted by atomic mass is 9.97. The summed E-state index contributed by atoms with van der Waals surface area (Å²) in [6.07, 6.45) is 1.76. The molecule has 0 aliphatic carbocycles. The number of nitrogens with zero attached hydrogens (tertiary/aromatic N) is 3. The fourth-order valence-electron chi connectivity index (χ4n) is 3.44. The summed E-state index contributed by atoms with van der Waals surface area (Å²) in [5.74, 6) is -0.937. The molecule has 0 radical (unpaired) electrons. The van der Waals surface area contributed by atoms with Gasteiger partial charge < -0.3 is 15.5 Å². The largest absolute Gasteiger partial charge is 0.392 e. The van der Waals surface area contributed by atoms with E-state index in [1.54, 1.807) is 6.08 Å². The maximum Gasteiger partial charge on any atom is 0.239 e. The van der Waals surface area contributed by atoms with Gasteiger partial charge in [0.2, 0.25) is 21.9 Å². The highest BCUT2D eigenvalue weighted by molar-refractivity contribution is 7.92. The average molecular weight is 523 g/mol. The first-order chi connectivity index (χ1) is 16.7. The molecule has 0 unspecified atom stereocenters. The molecule has 1 amide bonds. The van der Waals surface area contributed by atoms with Crippen molar-refractivity contribution in [3.8, 4) is 11.3 Å². The van der Waals surface area contributed by atoms with Crippen LogP contribution in [0, 0.1) is 5.82 Å². The molecule has 2 aromatic rings. The van der Waals surface area contributed by atoms with Gasteiger partial charge in [0.25, 0.3) is 0 Å². The summed E-state index contributed by atoms with van der Waals surface area (Å²) in [6, 6.07) is 5.53. The summed E-state index contributed by atoms with van der Waals surface area (Å²) in [5, 5.41) is 23.4. The quantitative estimate of drug-likeness (QED) is 0.413. The first kappa shape index (κ1) is 29.3. The number of rotatable bonds is 11. The van der Waals surface area contributed by atoms with Crippen molar-refractivity contribution in [1.29, 1.82) is 0 Å². The molecule has 2 atom stereocenters. The number of halogens is 1. The van der Waals surface area contributed by atoms with Crippen LogP contribution in [0.2, 0.25) is 0 Å². The van der Waals surface area contributed by atoms with Gasteiger partial charge >= 0.3 is 0 Å². The van der Waals surface area contributed by atoms with Crippen LogP contribution >= 0.6 is 0 Å². The van der Waals surface area contributed by atoms with Crippen molar-refractivity contribution in [3.63, 3.8) is 0 Å². The molecule has 36 heavy (non-hydrogen) atoms. The standard InChI is InChI=1S/C25H35FN4O5S/c1-15(2)23-21(12-11-19(31)13-20(32)14-22(33)27-16(3)4)24(17-7-9-18(26)10-8-17)29-25(28-23)30(5)36(6,34)35/h7-12,15-16,19-20,31-32H,13-14H2,1-6H3,(H,27,33)/b12-11+/t19-,20-/m1/s1. The third kappa shape index (κ3) is 8.35. The van der Waals surface area contributed by atoms with E-state index in [9.17, 15) is 27.8 Å². The lowest BCUT2D eigenvalue weighted by Crippen LogP contribution is -2.33. The van der Waals surface area contributed by atoms with Gasteiger partial charge in [-0.2, -0.15) is 0 Å². The van der Waals surface area contributed by atoms with E-state index in [1.807, 2.05) is 27.7 Å². The smallest absolute Gasteiger partial charge is 0.239 e. The number of nitrogens with one attached hydrogen (secondary N) is 1. The molecule has 0 aliphatic heterocycles. The molecule has 2 rings (SSSR count). The second kappa shape index (κ2) is 12.4. The van der Waals surface area contributed by atoms with Crippen molar-refractivity contribution >= 4 is 28.0 Å². The number of aromatic nitrogens is 2. The summed E-state index contributed by atoms with van der Waals surface area (Å²) in [7, 11) is -2.30. The van der Waals surface area contributed by atoms with Crippen molar-refractivity contribution in [2.45, 2.75) is 64.7 Å². The van der Waals surface area contributed by atoms with E-state index in [1.165, 1.54) is 37.4 Å². The SMILES string of the molecule is CC(C)NC(=O)C[C@H](O)C[C@H](O)/C=C/c1c(-c2ccc(F)cc2)nc(N(C)S(C)(=O)=O)nc1C(C)C. The Kier molecular flexibility index (Phi) is 10.1. The molecule has 11 heteroatoms. The molecule has 1 aromatic carbocycles. The molecule has 0 saturated carbocycles. The Balaban J connectivity index is 2.48. The lowest BCUT2D eigenvalue weighted by Gasteiger charge is -2.20. The van der Waals surface area contributed by atoms with E-state index < -0.39 is 28.0 Å². The maximum absolute atomic E-state index is 13.6. The number of hydrogen-bond donors (Lipinski definition) is 3. The van der Waals surface area contributed by atoms with Crippen LogP contribution in [0.1, 0.15) is 57.7 Å². The van der Waals surface area contributed by atoms with E-state index in [2.05, 4.69) is 15.3 Å². The minimum absolute atomic E-state index is 0.0372. The highest BCUT2D eigenvalue weighted by Crippen LogP contribution is 2.31. The van der Waals surface area contributed by atoms with Gasteiger partial charge in [0.05, 0.1) is 36.3 Å². The normalized spacial score (nSPS) is 13.9. The molecule has 0 spiro atoms. The molecule has 1 aromatic heterocycles. The number of aliphatic hydroxyl groups is 2. The predicted molar refractivity (Wildman–Crippen MR) is 138 cm³/mol. The number of benzene rings is 1. The number of anilines is 1. The summed E-state index contributed by atoms with van der Waals surface area (Å²) in [4.78, 5) is 20.8. The van der Waals surface area contributed by atoms with E-state index in [4.69, 9.17) is 0 Å². The molecule has 9 nitrogen and oxygen atoms in total. The van der Waals surface area contributed by atoms with Crippen molar-refractivity contribution in [3.05, 3.63) is 47.4 Å².